The Bertz CT molecular complexity index is 457. The first-order chi connectivity index (χ1) is 10.0. The van der Waals surface area contributed by atoms with Gasteiger partial charge in [0.25, 0.3) is 0 Å². The standard InChI is InChI=1S/C16H29N5/c1-16(2,3)13-6-7-20(11-13)8-9-21-12-15(18-19-21)10-17-14-4-5-14/h12-14,17H,4-11H2,1-3H3. The molecule has 118 valence electrons. The van der Waals surface area contributed by atoms with Crippen LogP contribution in [0.1, 0.15) is 45.7 Å². The minimum absolute atomic E-state index is 0.434. The maximum Gasteiger partial charge on any atom is 0.0964 e. The van der Waals surface area contributed by atoms with Crippen LogP contribution in [0.4, 0.5) is 0 Å². The van der Waals surface area contributed by atoms with Crippen molar-refractivity contribution >= 4 is 0 Å². The van der Waals surface area contributed by atoms with E-state index in [-0.39, 0.29) is 0 Å². The third kappa shape index (κ3) is 4.27. The monoisotopic (exact) mass is 291 g/mol. The second-order valence-electron chi connectivity index (χ2n) is 7.78. The van der Waals surface area contributed by atoms with Gasteiger partial charge in [0.05, 0.1) is 12.2 Å². The van der Waals surface area contributed by atoms with Crippen LogP contribution < -0.4 is 5.32 Å². The third-order valence-electron chi connectivity index (χ3n) is 4.88. The van der Waals surface area contributed by atoms with E-state index in [1.807, 2.05) is 4.68 Å². The molecule has 0 spiro atoms. The van der Waals surface area contributed by atoms with E-state index >= 15 is 0 Å². The number of nitrogens with zero attached hydrogens (tertiary/aromatic N) is 4. The summed E-state index contributed by atoms with van der Waals surface area (Å²) in [6.07, 6.45) is 6.06. The van der Waals surface area contributed by atoms with Crippen LogP contribution in [0.3, 0.4) is 0 Å². The molecule has 0 aromatic carbocycles. The highest BCUT2D eigenvalue weighted by Gasteiger charge is 2.31. The molecule has 0 amide bonds. The first-order valence-corrected chi connectivity index (χ1v) is 8.35. The molecule has 2 aliphatic rings. The van der Waals surface area contributed by atoms with Gasteiger partial charge in [-0.2, -0.15) is 0 Å². The Morgan fingerprint density at radius 1 is 1.24 bits per heavy atom. The van der Waals surface area contributed by atoms with Crippen molar-refractivity contribution in [2.45, 2.75) is 59.2 Å². The van der Waals surface area contributed by atoms with Crippen molar-refractivity contribution in [2.24, 2.45) is 11.3 Å². The van der Waals surface area contributed by atoms with E-state index in [9.17, 15) is 0 Å². The maximum absolute atomic E-state index is 4.25. The van der Waals surface area contributed by atoms with Gasteiger partial charge in [0.15, 0.2) is 0 Å². The van der Waals surface area contributed by atoms with Crippen molar-refractivity contribution in [1.29, 1.82) is 0 Å². The molecule has 21 heavy (non-hydrogen) atoms. The summed E-state index contributed by atoms with van der Waals surface area (Å²) >= 11 is 0. The Labute approximate surface area is 128 Å². The Morgan fingerprint density at radius 3 is 2.71 bits per heavy atom. The number of hydrogen-bond donors (Lipinski definition) is 1. The fourth-order valence-corrected chi connectivity index (χ4v) is 3.05. The van der Waals surface area contributed by atoms with Gasteiger partial charge in [0.1, 0.15) is 0 Å². The summed E-state index contributed by atoms with van der Waals surface area (Å²) in [5.41, 5.74) is 1.50. The molecular formula is C16H29N5. The quantitative estimate of drug-likeness (QED) is 0.869. The Morgan fingerprint density at radius 2 is 2.05 bits per heavy atom. The van der Waals surface area contributed by atoms with Crippen LogP contribution in [-0.4, -0.2) is 45.6 Å². The molecule has 1 aliphatic heterocycles. The second-order valence-corrected chi connectivity index (χ2v) is 7.78. The van der Waals surface area contributed by atoms with E-state index in [1.54, 1.807) is 0 Å². The zero-order chi connectivity index (χ0) is 14.9. The summed E-state index contributed by atoms with van der Waals surface area (Å²) in [4.78, 5) is 2.57. The van der Waals surface area contributed by atoms with Crippen LogP contribution in [0.5, 0.6) is 0 Å². The lowest BCUT2D eigenvalue weighted by atomic mass is 9.80. The minimum Gasteiger partial charge on any atom is -0.308 e. The molecule has 1 aromatic heterocycles. The first kappa shape index (κ1) is 15.0. The number of nitrogens with one attached hydrogen (secondary N) is 1. The first-order valence-electron chi connectivity index (χ1n) is 8.35. The maximum atomic E-state index is 4.25. The van der Waals surface area contributed by atoms with Gasteiger partial charge in [-0.15, -0.1) is 5.10 Å². The molecule has 3 rings (SSSR count). The predicted molar refractivity (Wildman–Crippen MR) is 83.9 cm³/mol. The van der Waals surface area contributed by atoms with Crippen molar-refractivity contribution in [2.75, 3.05) is 19.6 Å². The smallest absolute Gasteiger partial charge is 0.0964 e. The highest BCUT2D eigenvalue weighted by molar-refractivity contribution is 4.94. The van der Waals surface area contributed by atoms with Gasteiger partial charge >= 0.3 is 0 Å². The lowest BCUT2D eigenvalue weighted by Crippen LogP contribution is -2.28. The second kappa shape index (κ2) is 6.05. The number of aromatic nitrogens is 3. The lowest BCUT2D eigenvalue weighted by molar-refractivity contribution is 0.225. The van der Waals surface area contributed by atoms with Gasteiger partial charge in [-0.25, -0.2) is 0 Å². The molecule has 5 nitrogen and oxygen atoms in total. The lowest BCUT2D eigenvalue weighted by Gasteiger charge is -2.27. The molecule has 5 heteroatoms. The van der Waals surface area contributed by atoms with Gasteiger partial charge in [-0.3, -0.25) is 4.68 Å². The van der Waals surface area contributed by atoms with Gasteiger partial charge < -0.3 is 10.2 Å². The summed E-state index contributed by atoms with van der Waals surface area (Å²) in [5, 5.41) is 12.0. The Hall–Kier alpha value is -0.940. The van der Waals surface area contributed by atoms with Crippen LogP contribution in [0, 0.1) is 11.3 Å². The van der Waals surface area contributed by atoms with Gasteiger partial charge in [-0.1, -0.05) is 26.0 Å². The molecule has 1 aliphatic carbocycles. The van der Waals surface area contributed by atoms with Crippen LogP contribution in [-0.2, 0) is 13.1 Å². The summed E-state index contributed by atoms with van der Waals surface area (Å²) in [5.74, 6) is 0.826. The molecule has 1 N–H and O–H groups in total. The van der Waals surface area contributed by atoms with E-state index in [0.717, 1.165) is 37.3 Å². The van der Waals surface area contributed by atoms with Gasteiger partial charge in [0, 0.05) is 31.9 Å². The average Bonchev–Trinajstić information content (AvgIpc) is 2.95. The zero-order valence-electron chi connectivity index (χ0n) is 13.7. The topological polar surface area (TPSA) is 46.0 Å². The molecular weight excluding hydrogens is 262 g/mol. The molecule has 1 aromatic rings. The van der Waals surface area contributed by atoms with E-state index in [1.165, 1.54) is 32.4 Å². The van der Waals surface area contributed by atoms with E-state index in [2.05, 4.69) is 47.5 Å². The molecule has 2 fully saturated rings. The van der Waals surface area contributed by atoms with Crippen LogP contribution in [0.2, 0.25) is 0 Å². The molecule has 0 radical (unpaired) electrons. The predicted octanol–water partition coefficient (Wildman–Crippen LogP) is 1.90. The molecule has 1 saturated carbocycles. The molecule has 0 bridgehead atoms. The largest absolute Gasteiger partial charge is 0.308 e. The van der Waals surface area contributed by atoms with Crippen LogP contribution in [0.25, 0.3) is 0 Å². The van der Waals surface area contributed by atoms with Crippen molar-refractivity contribution in [3.8, 4) is 0 Å². The van der Waals surface area contributed by atoms with Crippen LogP contribution in [0.15, 0.2) is 6.20 Å². The van der Waals surface area contributed by atoms with Crippen molar-refractivity contribution in [3.63, 3.8) is 0 Å². The molecule has 1 saturated heterocycles. The van der Waals surface area contributed by atoms with E-state index < -0.39 is 0 Å². The fourth-order valence-electron chi connectivity index (χ4n) is 3.05. The van der Waals surface area contributed by atoms with E-state index in [0.29, 0.717) is 5.41 Å². The number of likely N-dealkylation sites (tertiary alicyclic amines) is 1. The Kier molecular flexibility index (Phi) is 4.31. The fraction of sp³-hybridized carbons (Fsp3) is 0.875. The van der Waals surface area contributed by atoms with Gasteiger partial charge in [0.2, 0.25) is 0 Å². The van der Waals surface area contributed by atoms with Crippen molar-refractivity contribution in [3.05, 3.63) is 11.9 Å². The Balaban J connectivity index is 1.41. The molecule has 2 heterocycles. The average molecular weight is 291 g/mol. The summed E-state index contributed by atoms with van der Waals surface area (Å²) in [7, 11) is 0. The SMILES string of the molecule is CC(C)(C)C1CCN(CCn2cc(CNC3CC3)nn2)C1. The minimum atomic E-state index is 0.434. The molecule has 1 unspecified atom stereocenters. The number of rotatable bonds is 6. The highest BCUT2D eigenvalue weighted by Crippen LogP contribution is 2.33. The third-order valence-corrected chi connectivity index (χ3v) is 4.88. The van der Waals surface area contributed by atoms with Crippen LogP contribution >= 0.6 is 0 Å². The van der Waals surface area contributed by atoms with Crippen molar-refractivity contribution in [1.82, 2.24) is 25.2 Å². The normalized spacial score (nSPS) is 23.9. The summed E-state index contributed by atoms with van der Waals surface area (Å²) in [6.45, 7) is 12.4. The molecule has 1 atom stereocenters. The van der Waals surface area contributed by atoms with E-state index in [4.69, 9.17) is 0 Å². The van der Waals surface area contributed by atoms with Crippen molar-refractivity contribution < 1.29 is 0 Å². The number of hydrogen-bond acceptors (Lipinski definition) is 4. The summed E-state index contributed by atoms with van der Waals surface area (Å²) in [6, 6.07) is 0.731. The van der Waals surface area contributed by atoms with Gasteiger partial charge in [-0.05, 0) is 37.1 Å². The zero-order valence-corrected chi connectivity index (χ0v) is 13.7. The summed E-state index contributed by atoms with van der Waals surface area (Å²) < 4.78 is 1.99. The highest BCUT2D eigenvalue weighted by atomic mass is 15.4.